The third-order valence-corrected chi connectivity index (χ3v) is 4.71. The van der Waals surface area contributed by atoms with E-state index in [9.17, 15) is 9.59 Å². The first-order valence-electron chi connectivity index (χ1n) is 7.24. The molecule has 4 N–H and O–H groups in total. The second-order valence-corrected chi connectivity index (χ2v) is 6.49. The molecule has 0 aromatic carbocycles. The number of likely N-dealkylation sites (tertiary alicyclic amines) is 1. The van der Waals surface area contributed by atoms with Gasteiger partial charge in [-0.25, -0.2) is 0 Å². The molecule has 0 radical (unpaired) electrons. The lowest BCUT2D eigenvalue weighted by molar-refractivity contribution is -0.132. The minimum atomic E-state index is -0.543. The molecule has 19 heavy (non-hydrogen) atoms. The van der Waals surface area contributed by atoms with Crippen molar-refractivity contribution < 1.29 is 9.59 Å². The first-order chi connectivity index (χ1) is 8.90. The Hall–Kier alpha value is -1.10. The molecular weight excluding hydrogens is 242 g/mol. The highest BCUT2D eigenvalue weighted by Crippen LogP contribution is 2.32. The summed E-state index contributed by atoms with van der Waals surface area (Å²) in [6.45, 7) is 2.97. The monoisotopic (exact) mass is 267 g/mol. The number of hydrogen-bond donors (Lipinski definition) is 2. The molecule has 0 bridgehead atoms. The zero-order valence-electron chi connectivity index (χ0n) is 11.7. The van der Waals surface area contributed by atoms with Gasteiger partial charge in [0.2, 0.25) is 11.8 Å². The molecule has 0 spiro atoms. The summed E-state index contributed by atoms with van der Waals surface area (Å²) in [5, 5.41) is 0. The van der Waals surface area contributed by atoms with E-state index in [4.69, 9.17) is 11.5 Å². The van der Waals surface area contributed by atoms with Crippen LogP contribution in [0.15, 0.2) is 0 Å². The summed E-state index contributed by atoms with van der Waals surface area (Å²) in [7, 11) is 0. The summed E-state index contributed by atoms with van der Waals surface area (Å²) >= 11 is 0. The van der Waals surface area contributed by atoms with Crippen molar-refractivity contribution in [2.75, 3.05) is 13.1 Å². The van der Waals surface area contributed by atoms with Crippen LogP contribution in [0.25, 0.3) is 0 Å². The molecule has 1 saturated heterocycles. The highest BCUT2D eigenvalue weighted by Gasteiger charge is 2.40. The molecule has 5 heteroatoms. The van der Waals surface area contributed by atoms with Crippen LogP contribution in [0.4, 0.5) is 0 Å². The first-order valence-corrected chi connectivity index (χ1v) is 7.24. The number of carbonyl (C=O) groups is 2. The zero-order valence-corrected chi connectivity index (χ0v) is 11.7. The lowest BCUT2D eigenvalue weighted by Crippen LogP contribution is -2.39. The Labute approximate surface area is 114 Å². The number of carbonyl (C=O) groups excluding carboxylic acids is 2. The molecule has 0 aromatic rings. The molecule has 3 unspecified atom stereocenters. The number of hydrogen-bond acceptors (Lipinski definition) is 3. The van der Waals surface area contributed by atoms with Gasteiger partial charge in [0.25, 0.3) is 0 Å². The van der Waals surface area contributed by atoms with Crippen molar-refractivity contribution in [3.63, 3.8) is 0 Å². The van der Waals surface area contributed by atoms with Gasteiger partial charge in [0, 0.05) is 25.6 Å². The number of amides is 2. The molecule has 2 aliphatic rings. The second-order valence-electron chi connectivity index (χ2n) is 6.49. The largest absolute Gasteiger partial charge is 0.369 e. The molecule has 1 heterocycles. The van der Waals surface area contributed by atoms with Gasteiger partial charge in [-0.1, -0.05) is 6.42 Å². The van der Waals surface area contributed by atoms with Crippen molar-refractivity contribution in [1.82, 2.24) is 4.90 Å². The molecule has 108 valence electrons. The average Bonchev–Trinajstić information content (AvgIpc) is 2.73. The summed E-state index contributed by atoms with van der Waals surface area (Å²) in [5.41, 5.74) is 10.8. The molecule has 2 rings (SSSR count). The van der Waals surface area contributed by atoms with Crippen LogP contribution in [-0.2, 0) is 9.59 Å². The van der Waals surface area contributed by atoms with Crippen molar-refractivity contribution >= 4 is 11.8 Å². The molecule has 1 saturated carbocycles. The number of primary amides is 1. The Kier molecular flexibility index (Phi) is 4.13. The fourth-order valence-corrected chi connectivity index (χ4v) is 3.27. The molecule has 2 fully saturated rings. The second kappa shape index (κ2) is 5.49. The van der Waals surface area contributed by atoms with Gasteiger partial charge in [-0.3, -0.25) is 9.59 Å². The van der Waals surface area contributed by atoms with E-state index in [1.165, 1.54) is 0 Å². The van der Waals surface area contributed by atoms with E-state index in [1.54, 1.807) is 4.90 Å². The van der Waals surface area contributed by atoms with Gasteiger partial charge in [-0.15, -0.1) is 0 Å². The summed E-state index contributed by atoms with van der Waals surface area (Å²) < 4.78 is 0. The van der Waals surface area contributed by atoms with Gasteiger partial charge in [-0.05, 0) is 38.5 Å². The summed E-state index contributed by atoms with van der Waals surface area (Å²) in [4.78, 5) is 25.5. The molecule has 5 nitrogen and oxygen atoms in total. The normalized spacial score (nSPS) is 35.4. The molecule has 1 aliphatic heterocycles. The van der Waals surface area contributed by atoms with Crippen molar-refractivity contribution in [2.24, 2.45) is 22.8 Å². The Morgan fingerprint density at radius 1 is 1.37 bits per heavy atom. The third-order valence-electron chi connectivity index (χ3n) is 4.71. The maximum atomic E-state index is 12.3. The molecule has 0 aromatic heterocycles. The van der Waals surface area contributed by atoms with Gasteiger partial charge in [0.05, 0.1) is 5.41 Å². The van der Waals surface area contributed by atoms with Crippen LogP contribution in [0.3, 0.4) is 0 Å². The van der Waals surface area contributed by atoms with E-state index in [-0.39, 0.29) is 17.9 Å². The minimum absolute atomic E-state index is 0.157. The smallest absolute Gasteiger partial charge is 0.225 e. The van der Waals surface area contributed by atoms with Crippen LogP contribution in [0.2, 0.25) is 0 Å². The standard InChI is InChI=1S/C14H25N3O2/c1-14(13(16)19)5-6-17(9-14)12(18)8-10-3-2-4-11(15)7-10/h10-11H,2-9,15H2,1H3,(H2,16,19). The summed E-state index contributed by atoms with van der Waals surface area (Å²) in [5.74, 6) is 0.267. The van der Waals surface area contributed by atoms with Gasteiger partial charge in [0.1, 0.15) is 0 Å². The van der Waals surface area contributed by atoms with E-state index in [1.807, 2.05) is 6.92 Å². The highest BCUT2D eigenvalue weighted by atomic mass is 16.2. The van der Waals surface area contributed by atoms with E-state index in [2.05, 4.69) is 0 Å². The van der Waals surface area contributed by atoms with Gasteiger partial charge < -0.3 is 16.4 Å². The van der Waals surface area contributed by atoms with Crippen molar-refractivity contribution in [1.29, 1.82) is 0 Å². The fourth-order valence-electron chi connectivity index (χ4n) is 3.27. The number of nitrogens with zero attached hydrogens (tertiary/aromatic N) is 1. The number of nitrogens with two attached hydrogens (primary N) is 2. The number of rotatable bonds is 3. The van der Waals surface area contributed by atoms with E-state index in [0.29, 0.717) is 31.8 Å². The summed E-state index contributed by atoms with van der Waals surface area (Å²) in [6.07, 6.45) is 5.50. The van der Waals surface area contributed by atoms with Gasteiger partial charge in [0.15, 0.2) is 0 Å². The van der Waals surface area contributed by atoms with E-state index < -0.39 is 5.41 Å². The molecule has 1 aliphatic carbocycles. The molecule has 2 amide bonds. The predicted octanol–water partition coefficient (Wildman–Crippen LogP) is 0.618. The van der Waals surface area contributed by atoms with Crippen LogP contribution in [0.5, 0.6) is 0 Å². The van der Waals surface area contributed by atoms with Gasteiger partial charge >= 0.3 is 0 Å². The maximum Gasteiger partial charge on any atom is 0.225 e. The van der Waals surface area contributed by atoms with Crippen molar-refractivity contribution in [2.45, 2.75) is 51.5 Å². The summed E-state index contributed by atoms with van der Waals surface area (Å²) in [6, 6.07) is 0.251. The Bertz CT molecular complexity index is 372. The Balaban J connectivity index is 1.86. The zero-order chi connectivity index (χ0) is 14.0. The van der Waals surface area contributed by atoms with Crippen LogP contribution in [0.1, 0.15) is 45.4 Å². The van der Waals surface area contributed by atoms with Gasteiger partial charge in [-0.2, -0.15) is 0 Å². The average molecular weight is 267 g/mol. The van der Waals surface area contributed by atoms with E-state index in [0.717, 1.165) is 25.7 Å². The van der Waals surface area contributed by atoms with Crippen molar-refractivity contribution in [3.8, 4) is 0 Å². The first kappa shape index (κ1) is 14.3. The lowest BCUT2D eigenvalue weighted by Gasteiger charge is -2.28. The Morgan fingerprint density at radius 2 is 2.11 bits per heavy atom. The molecular formula is C14H25N3O2. The highest BCUT2D eigenvalue weighted by molar-refractivity contribution is 5.83. The van der Waals surface area contributed by atoms with Crippen LogP contribution in [-0.4, -0.2) is 35.8 Å². The fraction of sp³-hybridized carbons (Fsp3) is 0.857. The van der Waals surface area contributed by atoms with Crippen molar-refractivity contribution in [3.05, 3.63) is 0 Å². The van der Waals surface area contributed by atoms with Crippen LogP contribution in [0, 0.1) is 11.3 Å². The minimum Gasteiger partial charge on any atom is -0.369 e. The lowest BCUT2D eigenvalue weighted by atomic mass is 9.84. The maximum absolute atomic E-state index is 12.3. The third kappa shape index (κ3) is 3.26. The Morgan fingerprint density at radius 3 is 2.68 bits per heavy atom. The SMILES string of the molecule is CC1(C(N)=O)CCN(C(=O)CC2CCCC(N)C2)C1. The quantitative estimate of drug-likeness (QED) is 0.785. The van der Waals surface area contributed by atoms with Crippen LogP contribution < -0.4 is 11.5 Å². The van der Waals surface area contributed by atoms with Crippen LogP contribution >= 0.6 is 0 Å². The molecule has 3 atom stereocenters. The van der Waals surface area contributed by atoms with E-state index >= 15 is 0 Å². The predicted molar refractivity (Wildman–Crippen MR) is 73.0 cm³/mol. The topological polar surface area (TPSA) is 89.4 Å².